The molecular formula is C16H17ClN2O3S. The third-order valence-electron chi connectivity index (χ3n) is 3.60. The lowest BCUT2D eigenvalue weighted by atomic mass is 10.1. The van der Waals surface area contributed by atoms with E-state index in [4.69, 9.17) is 21.1 Å². The number of amides is 2. The first-order chi connectivity index (χ1) is 10.9. The van der Waals surface area contributed by atoms with E-state index in [2.05, 4.69) is 30.5 Å². The Morgan fingerprint density at radius 3 is 2.61 bits per heavy atom. The van der Waals surface area contributed by atoms with Crippen LogP contribution in [0.1, 0.15) is 28.3 Å². The molecule has 0 radical (unpaired) electrons. The van der Waals surface area contributed by atoms with Gasteiger partial charge in [0.15, 0.2) is 11.5 Å². The molecule has 3 rings (SSSR count). The summed E-state index contributed by atoms with van der Waals surface area (Å²) < 4.78 is 10.5. The molecule has 7 heteroatoms. The standard InChI is InChI=1S/C16H17ClN2O3S/c1-8-4-11(10(3)23-8)9(2)18-16(20)19-13-6-15-14(5-12(13)17)21-7-22-15/h4-6,9H,7H2,1-3H3,(H2,18,19,20). The van der Waals surface area contributed by atoms with Crippen molar-refractivity contribution >= 4 is 34.7 Å². The summed E-state index contributed by atoms with van der Waals surface area (Å²) in [5.74, 6) is 1.15. The van der Waals surface area contributed by atoms with E-state index in [1.165, 1.54) is 9.75 Å². The van der Waals surface area contributed by atoms with Crippen molar-refractivity contribution in [1.82, 2.24) is 5.32 Å². The molecule has 1 unspecified atom stereocenters. The normalized spacial score (nSPS) is 13.7. The number of fused-ring (bicyclic) bond motifs is 1. The van der Waals surface area contributed by atoms with Gasteiger partial charge in [-0.05, 0) is 32.4 Å². The first-order valence-electron chi connectivity index (χ1n) is 7.17. The molecule has 1 aromatic carbocycles. The Bertz CT molecular complexity index is 760. The zero-order valence-corrected chi connectivity index (χ0v) is 14.6. The van der Waals surface area contributed by atoms with Gasteiger partial charge in [0.05, 0.1) is 16.8 Å². The maximum Gasteiger partial charge on any atom is 0.319 e. The van der Waals surface area contributed by atoms with Gasteiger partial charge in [-0.3, -0.25) is 0 Å². The van der Waals surface area contributed by atoms with Crippen LogP contribution >= 0.6 is 22.9 Å². The Hall–Kier alpha value is -1.92. The summed E-state index contributed by atoms with van der Waals surface area (Å²) in [6, 6.07) is 4.98. The topological polar surface area (TPSA) is 59.6 Å². The van der Waals surface area contributed by atoms with Crippen molar-refractivity contribution in [2.45, 2.75) is 26.8 Å². The molecule has 122 valence electrons. The second-order valence-corrected chi connectivity index (χ2v) is 7.24. The molecule has 0 bridgehead atoms. The minimum atomic E-state index is -0.318. The third-order valence-corrected chi connectivity index (χ3v) is 4.90. The summed E-state index contributed by atoms with van der Waals surface area (Å²) in [6.45, 7) is 6.22. The molecule has 1 atom stereocenters. The number of thiophene rings is 1. The number of benzene rings is 1. The van der Waals surface area contributed by atoms with Crippen LogP contribution < -0.4 is 20.1 Å². The maximum atomic E-state index is 12.2. The number of nitrogens with one attached hydrogen (secondary N) is 2. The van der Waals surface area contributed by atoms with Gasteiger partial charge in [0.25, 0.3) is 0 Å². The van der Waals surface area contributed by atoms with E-state index in [0.717, 1.165) is 5.56 Å². The number of halogens is 1. The van der Waals surface area contributed by atoms with Gasteiger partial charge in [-0.1, -0.05) is 11.6 Å². The third kappa shape index (κ3) is 3.38. The molecule has 2 amide bonds. The van der Waals surface area contributed by atoms with Crippen molar-refractivity contribution in [1.29, 1.82) is 0 Å². The molecule has 0 aliphatic carbocycles. The van der Waals surface area contributed by atoms with Crippen LogP contribution in [0.3, 0.4) is 0 Å². The number of carbonyl (C=O) groups excluding carboxylic acids is 1. The maximum absolute atomic E-state index is 12.2. The highest BCUT2D eigenvalue weighted by molar-refractivity contribution is 7.12. The average Bonchev–Trinajstić information content (AvgIpc) is 3.04. The molecule has 2 heterocycles. The van der Waals surface area contributed by atoms with Gasteiger partial charge in [0.2, 0.25) is 6.79 Å². The number of rotatable bonds is 3. The molecule has 2 aromatic rings. The molecule has 1 aromatic heterocycles. The van der Waals surface area contributed by atoms with Crippen LogP contribution in [0.15, 0.2) is 18.2 Å². The molecule has 2 N–H and O–H groups in total. The molecular weight excluding hydrogens is 336 g/mol. The fourth-order valence-corrected chi connectivity index (χ4v) is 3.75. The van der Waals surface area contributed by atoms with Crippen molar-refractivity contribution in [3.8, 4) is 11.5 Å². The van der Waals surface area contributed by atoms with Crippen LogP contribution in [0.5, 0.6) is 11.5 Å². The molecule has 1 aliphatic rings. The summed E-state index contributed by atoms with van der Waals surface area (Å²) in [4.78, 5) is 14.6. The van der Waals surface area contributed by atoms with Crippen molar-refractivity contribution in [3.63, 3.8) is 0 Å². The average molecular weight is 353 g/mol. The first-order valence-corrected chi connectivity index (χ1v) is 8.37. The van der Waals surface area contributed by atoms with Gasteiger partial charge < -0.3 is 20.1 Å². The van der Waals surface area contributed by atoms with E-state index >= 15 is 0 Å². The summed E-state index contributed by atoms with van der Waals surface area (Å²) >= 11 is 7.88. The van der Waals surface area contributed by atoms with Crippen LogP contribution in [0.4, 0.5) is 10.5 Å². The summed E-state index contributed by atoms with van der Waals surface area (Å²) in [7, 11) is 0. The molecule has 0 saturated heterocycles. The van der Waals surface area contributed by atoms with Crippen LogP contribution in [0, 0.1) is 13.8 Å². The van der Waals surface area contributed by atoms with E-state index in [-0.39, 0.29) is 18.9 Å². The van der Waals surface area contributed by atoms with Gasteiger partial charge in [0.1, 0.15) is 0 Å². The second kappa shape index (κ2) is 6.29. The van der Waals surface area contributed by atoms with Crippen LogP contribution in [0.2, 0.25) is 5.02 Å². The molecule has 5 nitrogen and oxygen atoms in total. The number of hydrogen-bond acceptors (Lipinski definition) is 4. The summed E-state index contributed by atoms with van der Waals surface area (Å²) in [5, 5.41) is 6.07. The van der Waals surface area contributed by atoms with Crippen molar-refractivity contribution < 1.29 is 14.3 Å². The van der Waals surface area contributed by atoms with Crippen molar-refractivity contribution in [2.24, 2.45) is 0 Å². The van der Waals surface area contributed by atoms with E-state index in [1.807, 2.05) is 6.92 Å². The minimum Gasteiger partial charge on any atom is -0.454 e. The van der Waals surface area contributed by atoms with Crippen LogP contribution in [-0.4, -0.2) is 12.8 Å². The Labute approximate surface area is 143 Å². The number of urea groups is 1. The van der Waals surface area contributed by atoms with Gasteiger partial charge in [-0.25, -0.2) is 4.79 Å². The minimum absolute atomic E-state index is 0.0901. The zero-order chi connectivity index (χ0) is 16.6. The second-order valence-electron chi connectivity index (χ2n) is 5.37. The fourth-order valence-electron chi connectivity index (χ4n) is 2.53. The molecule has 0 fully saturated rings. The van der Waals surface area contributed by atoms with Crippen LogP contribution in [0.25, 0.3) is 0 Å². The smallest absolute Gasteiger partial charge is 0.319 e. The van der Waals surface area contributed by atoms with Gasteiger partial charge in [-0.2, -0.15) is 0 Å². The fraction of sp³-hybridized carbons (Fsp3) is 0.312. The largest absolute Gasteiger partial charge is 0.454 e. The van der Waals surface area contributed by atoms with E-state index in [9.17, 15) is 4.79 Å². The van der Waals surface area contributed by atoms with Gasteiger partial charge in [-0.15, -0.1) is 11.3 Å². The molecule has 0 saturated carbocycles. The van der Waals surface area contributed by atoms with E-state index in [1.54, 1.807) is 23.5 Å². The summed E-state index contributed by atoms with van der Waals surface area (Å²) in [5.41, 5.74) is 1.61. The van der Waals surface area contributed by atoms with Gasteiger partial charge in [0, 0.05) is 21.9 Å². The van der Waals surface area contributed by atoms with Gasteiger partial charge >= 0.3 is 6.03 Å². The van der Waals surface area contributed by atoms with E-state index in [0.29, 0.717) is 22.2 Å². The lowest BCUT2D eigenvalue weighted by molar-refractivity contribution is 0.174. The number of aryl methyl sites for hydroxylation is 2. The summed E-state index contributed by atoms with van der Waals surface area (Å²) in [6.07, 6.45) is 0. The first kappa shape index (κ1) is 16.0. The predicted octanol–water partition coefficient (Wildman–Crippen LogP) is 4.63. The quantitative estimate of drug-likeness (QED) is 0.846. The molecule has 23 heavy (non-hydrogen) atoms. The van der Waals surface area contributed by atoms with Crippen LogP contribution in [-0.2, 0) is 0 Å². The number of hydrogen-bond donors (Lipinski definition) is 2. The van der Waals surface area contributed by atoms with E-state index < -0.39 is 0 Å². The SMILES string of the molecule is Cc1cc(C(C)NC(=O)Nc2cc3c(cc2Cl)OCO3)c(C)s1. The number of ether oxygens (including phenoxy) is 2. The number of anilines is 1. The Morgan fingerprint density at radius 1 is 1.26 bits per heavy atom. The van der Waals surface area contributed by atoms with Crippen molar-refractivity contribution in [2.75, 3.05) is 12.1 Å². The monoisotopic (exact) mass is 352 g/mol. The Kier molecular flexibility index (Phi) is 4.37. The zero-order valence-electron chi connectivity index (χ0n) is 13.0. The predicted molar refractivity (Wildman–Crippen MR) is 91.9 cm³/mol. The highest BCUT2D eigenvalue weighted by Crippen LogP contribution is 2.39. The Morgan fingerprint density at radius 2 is 1.96 bits per heavy atom. The molecule has 0 spiro atoms. The lowest BCUT2D eigenvalue weighted by Gasteiger charge is -2.15. The lowest BCUT2D eigenvalue weighted by Crippen LogP contribution is -2.31. The van der Waals surface area contributed by atoms with Crippen molar-refractivity contribution in [3.05, 3.63) is 38.5 Å². The highest BCUT2D eigenvalue weighted by atomic mass is 35.5. The highest BCUT2D eigenvalue weighted by Gasteiger charge is 2.19. The number of carbonyl (C=O) groups is 1. The Balaban J connectivity index is 1.69. The molecule has 1 aliphatic heterocycles.